The van der Waals surface area contributed by atoms with E-state index in [-0.39, 0.29) is 29.4 Å². The van der Waals surface area contributed by atoms with Crippen LogP contribution >= 0.6 is 12.4 Å². The Morgan fingerprint density at radius 1 is 0.972 bits per heavy atom. The summed E-state index contributed by atoms with van der Waals surface area (Å²) < 4.78 is 40.0. The van der Waals surface area contributed by atoms with Gasteiger partial charge in [-0.1, -0.05) is 30.0 Å². The first-order valence-corrected chi connectivity index (χ1v) is 10.2. The largest absolute Gasteiger partial charge is 0.416 e. The van der Waals surface area contributed by atoms with Crippen molar-refractivity contribution < 1.29 is 22.8 Å². The van der Waals surface area contributed by atoms with Crippen LogP contribution in [0.4, 0.5) is 19.0 Å². The number of aromatic nitrogens is 1. The highest BCUT2D eigenvalue weighted by Gasteiger charge is 2.31. The molecule has 0 unspecified atom stereocenters. The molecule has 186 valence electrons. The highest BCUT2D eigenvalue weighted by atomic mass is 35.5. The van der Waals surface area contributed by atoms with Gasteiger partial charge in [0, 0.05) is 22.3 Å². The highest BCUT2D eigenvalue weighted by molar-refractivity contribution is 6.04. The first-order valence-electron chi connectivity index (χ1n) is 10.2. The molecule has 0 radical (unpaired) electrons. The summed E-state index contributed by atoms with van der Waals surface area (Å²) >= 11 is 0. The van der Waals surface area contributed by atoms with E-state index in [9.17, 15) is 22.8 Å². The summed E-state index contributed by atoms with van der Waals surface area (Å²) in [5.41, 5.74) is 10.8. The van der Waals surface area contributed by atoms with Crippen LogP contribution in [0.15, 0.2) is 59.6 Å². The molecule has 0 fully saturated rings. The minimum atomic E-state index is -4.71. The van der Waals surface area contributed by atoms with Gasteiger partial charge in [0.05, 0.1) is 11.3 Å². The van der Waals surface area contributed by atoms with E-state index in [1.807, 2.05) is 0 Å². The van der Waals surface area contributed by atoms with E-state index in [4.69, 9.17) is 11.5 Å². The predicted molar refractivity (Wildman–Crippen MR) is 133 cm³/mol. The van der Waals surface area contributed by atoms with Crippen molar-refractivity contribution in [1.82, 2.24) is 4.98 Å². The quantitative estimate of drug-likeness (QED) is 0.274. The maximum atomic E-state index is 13.3. The maximum absolute atomic E-state index is 13.3. The molecule has 5 N–H and O–H groups in total. The minimum Gasteiger partial charge on any atom is -0.370 e. The van der Waals surface area contributed by atoms with Crippen LogP contribution in [-0.4, -0.2) is 22.8 Å². The van der Waals surface area contributed by atoms with Crippen LogP contribution in [0.5, 0.6) is 0 Å². The Balaban J connectivity index is 0.00000456. The second-order valence-corrected chi connectivity index (χ2v) is 7.50. The second-order valence-electron chi connectivity index (χ2n) is 7.50. The van der Waals surface area contributed by atoms with Gasteiger partial charge >= 0.3 is 6.18 Å². The Bertz CT molecular complexity index is 1390. The van der Waals surface area contributed by atoms with Gasteiger partial charge in [-0.25, -0.2) is 4.98 Å². The summed E-state index contributed by atoms with van der Waals surface area (Å²) in [6.45, 7) is 3.37. The van der Waals surface area contributed by atoms with E-state index in [2.05, 4.69) is 27.1 Å². The summed E-state index contributed by atoms with van der Waals surface area (Å²) in [5, 5.41) is 2.73. The number of hydrogen-bond acceptors (Lipinski definition) is 3. The smallest absolute Gasteiger partial charge is 0.370 e. The molecule has 0 spiro atoms. The Kier molecular flexibility index (Phi) is 8.81. The van der Waals surface area contributed by atoms with E-state index in [1.54, 1.807) is 50.2 Å². The number of carbonyl (C=O) groups is 2. The van der Waals surface area contributed by atoms with Crippen molar-refractivity contribution in [3.8, 4) is 11.8 Å². The molecule has 1 heterocycles. The molecule has 2 aromatic carbocycles. The SMILES string of the molecule is Cc1cc(C#Cc2cc(C(=O)N=C(N)N)cc(C(F)(F)F)c2)c(C)nc1NC(=O)c1ccccc1.Cl. The van der Waals surface area contributed by atoms with E-state index in [0.717, 1.165) is 6.07 Å². The molecule has 0 aliphatic rings. The fourth-order valence-electron chi connectivity index (χ4n) is 3.04. The fourth-order valence-corrected chi connectivity index (χ4v) is 3.04. The minimum absolute atomic E-state index is 0. The van der Waals surface area contributed by atoms with Crippen LogP contribution in [0.1, 0.15) is 48.7 Å². The van der Waals surface area contributed by atoms with E-state index in [1.165, 1.54) is 6.07 Å². The normalized spacial score (nSPS) is 10.4. The lowest BCUT2D eigenvalue weighted by Crippen LogP contribution is -2.24. The third kappa shape index (κ3) is 7.07. The molecule has 0 aliphatic carbocycles. The van der Waals surface area contributed by atoms with Crippen LogP contribution in [0, 0.1) is 25.7 Å². The van der Waals surface area contributed by atoms with Crippen molar-refractivity contribution in [3.05, 3.63) is 93.7 Å². The third-order valence-electron chi connectivity index (χ3n) is 4.75. The molecule has 3 rings (SSSR count). The number of nitrogens with one attached hydrogen (secondary N) is 1. The predicted octanol–water partition coefficient (Wildman–Crippen LogP) is 4.20. The molecule has 0 bridgehead atoms. The van der Waals surface area contributed by atoms with Crippen molar-refractivity contribution >= 4 is 36.0 Å². The van der Waals surface area contributed by atoms with Crippen molar-refractivity contribution in [2.24, 2.45) is 16.5 Å². The number of benzene rings is 2. The first-order chi connectivity index (χ1) is 16.4. The Morgan fingerprint density at radius 3 is 2.25 bits per heavy atom. The topological polar surface area (TPSA) is 123 Å². The monoisotopic (exact) mass is 515 g/mol. The number of nitrogens with two attached hydrogens (primary N) is 2. The average molecular weight is 516 g/mol. The Labute approximate surface area is 211 Å². The molecular formula is C25H21ClF3N5O2. The second kappa shape index (κ2) is 11.4. The van der Waals surface area contributed by atoms with Crippen molar-refractivity contribution in [1.29, 1.82) is 0 Å². The number of halogens is 4. The fraction of sp³-hybridized carbons (Fsp3) is 0.120. The van der Waals surface area contributed by atoms with E-state index >= 15 is 0 Å². The van der Waals surface area contributed by atoms with Crippen LogP contribution in [0.25, 0.3) is 0 Å². The highest BCUT2D eigenvalue weighted by Crippen LogP contribution is 2.31. The van der Waals surface area contributed by atoms with Gasteiger partial charge in [0.2, 0.25) is 0 Å². The molecule has 3 aromatic rings. The number of guanidine groups is 1. The van der Waals surface area contributed by atoms with Crippen LogP contribution in [0.3, 0.4) is 0 Å². The lowest BCUT2D eigenvalue weighted by atomic mass is 10.0. The van der Waals surface area contributed by atoms with Crippen molar-refractivity contribution in [2.75, 3.05) is 5.32 Å². The lowest BCUT2D eigenvalue weighted by molar-refractivity contribution is -0.137. The maximum Gasteiger partial charge on any atom is 0.416 e. The number of anilines is 1. The molecule has 1 aromatic heterocycles. The molecule has 7 nitrogen and oxygen atoms in total. The van der Waals surface area contributed by atoms with Gasteiger partial charge in [-0.15, -0.1) is 12.4 Å². The van der Waals surface area contributed by atoms with Crippen molar-refractivity contribution in [2.45, 2.75) is 20.0 Å². The van der Waals surface area contributed by atoms with Gasteiger partial charge in [-0.05, 0) is 55.8 Å². The summed E-state index contributed by atoms with van der Waals surface area (Å²) in [5.74, 6) is 3.83. The molecular weight excluding hydrogens is 495 g/mol. The number of nitrogens with zero attached hydrogens (tertiary/aromatic N) is 2. The molecule has 2 amide bonds. The van der Waals surface area contributed by atoms with Crippen LogP contribution < -0.4 is 16.8 Å². The van der Waals surface area contributed by atoms with Crippen molar-refractivity contribution in [3.63, 3.8) is 0 Å². The zero-order valence-corrected chi connectivity index (χ0v) is 19.9. The van der Waals surface area contributed by atoms with Gasteiger partial charge < -0.3 is 16.8 Å². The van der Waals surface area contributed by atoms with Gasteiger partial charge in [0.1, 0.15) is 5.82 Å². The standard InChI is InChI=1S/C25H20F3N5O2.ClH/c1-14-10-18(15(2)31-21(14)32-22(34)17-6-4-3-5-7-17)9-8-16-11-19(23(35)33-24(29)30)13-20(12-16)25(26,27)28;/h3-7,10-13H,1-2H3,(H,31,32,34)(H4,29,30,33,35);1H. The number of hydrogen-bond donors (Lipinski definition) is 3. The first kappa shape index (κ1) is 27.9. The number of alkyl halides is 3. The molecule has 0 saturated heterocycles. The summed E-state index contributed by atoms with van der Waals surface area (Å²) in [7, 11) is 0. The number of pyridine rings is 1. The average Bonchev–Trinajstić information content (AvgIpc) is 2.79. The zero-order chi connectivity index (χ0) is 25.8. The van der Waals surface area contributed by atoms with Crippen LogP contribution in [0.2, 0.25) is 0 Å². The third-order valence-corrected chi connectivity index (χ3v) is 4.75. The molecule has 0 aliphatic heterocycles. The number of aliphatic imine (C=N–C) groups is 1. The molecule has 0 saturated carbocycles. The van der Waals surface area contributed by atoms with Gasteiger partial charge in [-0.2, -0.15) is 18.2 Å². The summed E-state index contributed by atoms with van der Waals surface area (Å²) in [6, 6.07) is 12.9. The van der Waals surface area contributed by atoms with Gasteiger partial charge in [0.25, 0.3) is 11.8 Å². The summed E-state index contributed by atoms with van der Waals surface area (Å²) in [4.78, 5) is 32.2. The number of carbonyl (C=O) groups excluding carboxylic acids is 2. The lowest BCUT2D eigenvalue weighted by Gasteiger charge is -2.10. The van der Waals surface area contributed by atoms with E-state index in [0.29, 0.717) is 34.3 Å². The van der Waals surface area contributed by atoms with Crippen LogP contribution in [-0.2, 0) is 6.18 Å². The number of rotatable bonds is 3. The number of aryl methyl sites for hydroxylation is 2. The number of amides is 2. The Hall–Kier alpha value is -4.36. The molecule has 36 heavy (non-hydrogen) atoms. The molecule has 11 heteroatoms. The van der Waals surface area contributed by atoms with Gasteiger partial charge in [-0.3, -0.25) is 9.59 Å². The Morgan fingerprint density at radius 2 is 1.64 bits per heavy atom. The molecule has 0 atom stereocenters. The zero-order valence-electron chi connectivity index (χ0n) is 19.1. The summed E-state index contributed by atoms with van der Waals surface area (Å²) in [6.07, 6.45) is -4.71. The van der Waals surface area contributed by atoms with Gasteiger partial charge in [0.15, 0.2) is 5.96 Å². The van der Waals surface area contributed by atoms with E-state index < -0.39 is 23.6 Å².